The van der Waals surface area contributed by atoms with Crippen molar-refractivity contribution >= 4 is 11.6 Å². The smallest absolute Gasteiger partial charge is 0.140 e. The molecule has 1 aliphatic rings. The molecule has 2 unspecified atom stereocenters. The summed E-state index contributed by atoms with van der Waals surface area (Å²) in [4.78, 5) is 4.52. The zero-order chi connectivity index (χ0) is 17.6. The van der Waals surface area contributed by atoms with Crippen molar-refractivity contribution < 1.29 is 9.84 Å². The van der Waals surface area contributed by atoms with Gasteiger partial charge in [-0.15, -0.1) is 0 Å². The van der Waals surface area contributed by atoms with Gasteiger partial charge in [-0.3, -0.25) is 0 Å². The number of nitrogens with zero attached hydrogens (tertiary/aromatic N) is 2. The van der Waals surface area contributed by atoms with E-state index in [1.807, 2.05) is 67.1 Å². The van der Waals surface area contributed by atoms with Crippen LogP contribution in [0.15, 0.2) is 60.9 Å². The van der Waals surface area contributed by atoms with E-state index >= 15 is 0 Å². The third-order valence-electron chi connectivity index (χ3n) is 4.68. The van der Waals surface area contributed by atoms with Gasteiger partial charge in [0.15, 0.2) is 0 Å². The highest BCUT2D eigenvalue weighted by atomic mass is 35.5. The van der Waals surface area contributed by atoms with Crippen molar-refractivity contribution in [1.82, 2.24) is 9.55 Å². The predicted molar refractivity (Wildman–Crippen MR) is 98.0 cm³/mol. The van der Waals surface area contributed by atoms with E-state index < -0.39 is 11.7 Å². The van der Waals surface area contributed by atoms with Crippen LogP contribution in [0.5, 0.6) is 5.75 Å². The molecule has 0 radical (unpaired) electrons. The van der Waals surface area contributed by atoms with Crippen LogP contribution < -0.4 is 4.74 Å². The van der Waals surface area contributed by atoms with Gasteiger partial charge in [0.25, 0.3) is 0 Å². The number of aliphatic hydroxyl groups excluding tert-OH is 1. The van der Waals surface area contributed by atoms with Gasteiger partial charge < -0.3 is 14.4 Å². The predicted octanol–water partition coefficient (Wildman–Crippen LogP) is 4.32. The van der Waals surface area contributed by atoms with E-state index in [0.29, 0.717) is 5.02 Å². The maximum atomic E-state index is 11.1. The van der Waals surface area contributed by atoms with Crippen LogP contribution in [0.4, 0.5) is 0 Å². The van der Waals surface area contributed by atoms with Crippen LogP contribution in [0.1, 0.15) is 25.5 Å². The van der Waals surface area contributed by atoms with Gasteiger partial charge >= 0.3 is 0 Å². The summed E-state index contributed by atoms with van der Waals surface area (Å²) in [6, 6.07) is 15.1. The molecular weight excluding hydrogens is 336 g/mol. The van der Waals surface area contributed by atoms with Crippen LogP contribution in [-0.2, 0) is 0 Å². The lowest BCUT2D eigenvalue weighted by molar-refractivity contribution is -0.0633. The molecule has 0 aliphatic carbocycles. The normalized spacial score (nSPS) is 21.4. The number of hydrogen-bond acceptors (Lipinski definition) is 3. The van der Waals surface area contributed by atoms with Crippen LogP contribution in [0.25, 0.3) is 11.4 Å². The Morgan fingerprint density at radius 1 is 1.16 bits per heavy atom. The van der Waals surface area contributed by atoms with E-state index in [-0.39, 0.29) is 6.04 Å². The molecule has 5 heteroatoms. The Morgan fingerprint density at radius 3 is 2.68 bits per heavy atom. The number of aromatic nitrogens is 2. The van der Waals surface area contributed by atoms with Gasteiger partial charge in [-0.2, -0.15) is 0 Å². The molecule has 4 rings (SSSR count). The van der Waals surface area contributed by atoms with Crippen molar-refractivity contribution in [2.75, 3.05) is 0 Å². The van der Waals surface area contributed by atoms with Crippen LogP contribution in [0.2, 0.25) is 5.02 Å². The maximum absolute atomic E-state index is 11.1. The standard InChI is InChI=1S/C20H19ClN2O2/c1-20(2)18(24)17(15-12-14(21)8-9-16(15)25-20)23-11-10-22-19(23)13-6-4-3-5-7-13/h3-12,17-18,24H,1-2H3. The Bertz CT molecular complexity index is 905. The second kappa shape index (κ2) is 5.90. The molecule has 0 saturated heterocycles. The molecule has 0 saturated carbocycles. The lowest BCUT2D eigenvalue weighted by Gasteiger charge is -2.43. The third-order valence-corrected chi connectivity index (χ3v) is 4.91. The van der Waals surface area contributed by atoms with Crippen molar-refractivity contribution in [3.05, 3.63) is 71.5 Å². The van der Waals surface area contributed by atoms with Crippen molar-refractivity contribution in [1.29, 1.82) is 0 Å². The fourth-order valence-electron chi connectivity index (χ4n) is 3.39. The van der Waals surface area contributed by atoms with Crippen LogP contribution in [0, 0.1) is 0 Å². The number of ether oxygens (including phenoxy) is 1. The number of imidazole rings is 1. The first-order chi connectivity index (χ1) is 12.0. The summed E-state index contributed by atoms with van der Waals surface area (Å²) in [7, 11) is 0. The number of benzene rings is 2. The Morgan fingerprint density at radius 2 is 1.92 bits per heavy atom. The van der Waals surface area contributed by atoms with Gasteiger partial charge in [0.1, 0.15) is 23.3 Å². The second-order valence-electron chi connectivity index (χ2n) is 6.80. The average Bonchev–Trinajstić information content (AvgIpc) is 3.06. The quantitative estimate of drug-likeness (QED) is 0.745. The van der Waals surface area contributed by atoms with E-state index in [1.165, 1.54) is 0 Å². The number of aliphatic hydroxyl groups is 1. The Labute approximate surface area is 151 Å². The lowest BCUT2D eigenvalue weighted by Crippen LogP contribution is -2.50. The molecule has 1 N–H and O–H groups in total. The van der Waals surface area contributed by atoms with Crippen molar-refractivity contribution in [2.24, 2.45) is 0 Å². The highest BCUT2D eigenvalue weighted by Crippen LogP contribution is 2.44. The molecule has 25 heavy (non-hydrogen) atoms. The van der Waals surface area contributed by atoms with Gasteiger partial charge in [0.05, 0.1) is 6.04 Å². The minimum Gasteiger partial charge on any atom is -0.485 e. The summed E-state index contributed by atoms with van der Waals surface area (Å²) < 4.78 is 8.02. The van der Waals surface area contributed by atoms with E-state index in [9.17, 15) is 5.11 Å². The summed E-state index contributed by atoms with van der Waals surface area (Å²) >= 11 is 6.22. The largest absolute Gasteiger partial charge is 0.485 e. The molecule has 0 amide bonds. The van der Waals surface area contributed by atoms with Gasteiger partial charge in [0, 0.05) is 28.5 Å². The van der Waals surface area contributed by atoms with E-state index in [0.717, 1.165) is 22.7 Å². The molecule has 128 valence electrons. The first-order valence-corrected chi connectivity index (χ1v) is 8.60. The fraction of sp³-hybridized carbons (Fsp3) is 0.250. The van der Waals surface area contributed by atoms with Crippen LogP contribution >= 0.6 is 11.6 Å². The Kier molecular flexibility index (Phi) is 3.82. The number of hydrogen-bond donors (Lipinski definition) is 1. The summed E-state index contributed by atoms with van der Waals surface area (Å²) in [6.45, 7) is 3.78. The molecule has 0 spiro atoms. The van der Waals surface area contributed by atoms with E-state index in [4.69, 9.17) is 16.3 Å². The Balaban J connectivity index is 1.91. The minimum absolute atomic E-state index is 0.338. The van der Waals surface area contributed by atoms with Gasteiger partial charge in [-0.05, 0) is 32.0 Å². The molecule has 1 aromatic heterocycles. The van der Waals surface area contributed by atoms with Gasteiger partial charge in [-0.1, -0.05) is 41.9 Å². The molecule has 4 nitrogen and oxygen atoms in total. The van der Waals surface area contributed by atoms with Gasteiger partial charge in [-0.25, -0.2) is 4.98 Å². The molecule has 2 aromatic carbocycles. The fourth-order valence-corrected chi connectivity index (χ4v) is 3.57. The zero-order valence-electron chi connectivity index (χ0n) is 14.1. The van der Waals surface area contributed by atoms with Crippen LogP contribution in [0.3, 0.4) is 0 Å². The maximum Gasteiger partial charge on any atom is 0.140 e. The molecule has 0 bridgehead atoms. The van der Waals surface area contributed by atoms with Gasteiger partial charge in [0.2, 0.25) is 0 Å². The molecule has 2 atom stereocenters. The third kappa shape index (κ3) is 2.71. The molecule has 3 aromatic rings. The highest BCUT2D eigenvalue weighted by Gasteiger charge is 2.44. The summed E-state index contributed by atoms with van der Waals surface area (Å²) in [5, 5.41) is 11.7. The summed E-state index contributed by atoms with van der Waals surface area (Å²) in [5.74, 6) is 1.53. The van der Waals surface area contributed by atoms with Crippen molar-refractivity contribution in [2.45, 2.75) is 31.6 Å². The SMILES string of the molecule is CC1(C)Oc2ccc(Cl)cc2C(n2ccnc2-c2ccccc2)C1O. The van der Waals surface area contributed by atoms with Crippen molar-refractivity contribution in [3.8, 4) is 17.1 Å². The van der Waals surface area contributed by atoms with Crippen LogP contribution in [-0.4, -0.2) is 26.4 Å². The van der Waals surface area contributed by atoms with E-state index in [1.54, 1.807) is 12.3 Å². The number of rotatable bonds is 2. The number of fused-ring (bicyclic) bond motifs is 1. The molecule has 2 heterocycles. The van der Waals surface area contributed by atoms with Crippen molar-refractivity contribution in [3.63, 3.8) is 0 Å². The number of halogens is 1. The lowest BCUT2D eigenvalue weighted by atomic mass is 9.86. The topological polar surface area (TPSA) is 47.3 Å². The zero-order valence-corrected chi connectivity index (χ0v) is 14.8. The molecule has 1 aliphatic heterocycles. The first-order valence-electron chi connectivity index (χ1n) is 8.22. The summed E-state index contributed by atoms with van der Waals surface area (Å²) in [6.07, 6.45) is 2.89. The minimum atomic E-state index is -0.755. The summed E-state index contributed by atoms with van der Waals surface area (Å²) in [5.41, 5.74) is 1.12. The second-order valence-corrected chi connectivity index (χ2v) is 7.24. The van der Waals surface area contributed by atoms with E-state index in [2.05, 4.69) is 4.98 Å². The molecular formula is C20H19ClN2O2. The first kappa shape index (κ1) is 16.2. The molecule has 0 fully saturated rings. The average molecular weight is 355 g/mol. The highest BCUT2D eigenvalue weighted by molar-refractivity contribution is 6.30. The monoisotopic (exact) mass is 354 g/mol. The Hall–Kier alpha value is -2.30.